The van der Waals surface area contributed by atoms with Crippen LogP contribution in [0.2, 0.25) is 0 Å². The zero-order valence-corrected chi connectivity index (χ0v) is 11.8. The van der Waals surface area contributed by atoms with Gasteiger partial charge >= 0.3 is 0 Å². The van der Waals surface area contributed by atoms with Gasteiger partial charge in [0.05, 0.1) is 4.90 Å². The molecular formula is C14H17N3O2S. The molecule has 0 saturated carbocycles. The lowest BCUT2D eigenvalue weighted by atomic mass is 9.88. The van der Waals surface area contributed by atoms with Gasteiger partial charge in [-0.05, 0) is 48.6 Å². The molecule has 3 rings (SSSR count). The van der Waals surface area contributed by atoms with Crippen molar-refractivity contribution in [3.63, 3.8) is 0 Å². The predicted molar refractivity (Wildman–Crippen MR) is 77.6 cm³/mol. The first-order valence-electron chi connectivity index (χ1n) is 6.60. The van der Waals surface area contributed by atoms with Crippen LogP contribution in [0, 0.1) is 0 Å². The number of sulfonamides is 1. The number of aromatic nitrogens is 1. The van der Waals surface area contributed by atoms with Crippen molar-refractivity contribution >= 4 is 15.7 Å². The number of nitrogens with two attached hydrogens (primary N) is 1. The Balaban J connectivity index is 1.90. The molecule has 6 heteroatoms. The average molecular weight is 291 g/mol. The molecule has 0 saturated heterocycles. The molecule has 0 bridgehead atoms. The van der Waals surface area contributed by atoms with Crippen molar-refractivity contribution in [1.29, 1.82) is 0 Å². The molecular weight excluding hydrogens is 274 g/mol. The molecule has 1 heterocycles. The van der Waals surface area contributed by atoms with Crippen molar-refractivity contribution in [2.75, 3.05) is 5.73 Å². The predicted octanol–water partition coefficient (Wildman–Crippen LogP) is 1.95. The minimum absolute atomic E-state index is 0.181. The van der Waals surface area contributed by atoms with E-state index in [9.17, 15) is 8.42 Å². The summed E-state index contributed by atoms with van der Waals surface area (Å²) >= 11 is 0. The number of rotatable bonds is 3. The van der Waals surface area contributed by atoms with Crippen LogP contribution in [0.5, 0.6) is 0 Å². The highest BCUT2D eigenvalue weighted by Crippen LogP contribution is 2.32. The quantitative estimate of drug-likeness (QED) is 0.755. The van der Waals surface area contributed by atoms with Gasteiger partial charge in [-0.15, -0.1) is 0 Å². The Morgan fingerprint density at radius 3 is 2.90 bits per heavy atom. The van der Waals surface area contributed by atoms with Crippen LogP contribution in [-0.2, 0) is 16.4 Å². The van der Waals surface area contributed by atoms with Gasteiger partial charge in [-0.3, -0.25) is 0 Å². The molecule has 20 heavy (non-hydrogen) atoms. The second kappa shape index (κ2) is 4.96. The molecule has 106 valence electrons. The van der Waals surface area contributed by atoms with Crippen LogP contribution in [0.25, 0.3) is 0 Å². The van der Waals surface area contributed by atoms with E-state index in [4.69, 9.17) is 5.73 Å². The highest BCUT2D eigenvalue weighted by molar-refractivity contribution is 7.89. The summed E-state index contributed by atoms with van der Waals surface area (Å²) in [7, 11) is -3.48. The Morgan fingerprint density at radius 2 is 2.15 bits per heavy atom. The Hall–Kier alpha value is -1.79. The third-order valence-electron chi connectivity index (χ3n) is 3.66. The van der Waals surface area contributed by atoms with Crippen molar-refractivity contribution in [1.82, 2.24) is 9.71 Å². The number of hydrogen-bond acceptors (Lipinski definition) is 3. The second-order valence-corrected chi connectivity index (χ2v) is 6.79. The van der Waals surface area contributed by atoms with Crippen LogP contribution in [0.3, 0.4) is 0 Å². The first-order valence-corrected chi connectivity index (χ1v) is 8.08. The summed E-state index contributed by atoms with van der Waals surface area (Å²) in [5, 5.41) is 0. The summed E-state index contributed by atoms with van der Waals surface area (Å²) in [6, 6.07) is 7.05. The second-order valence-electron chi connectivity index (χ2n) is 5.07. The lowest BCUT2D eigenvalue weighted by Crippen LogP contribution is -2.30. The number of aryl methyl sites for hydroxylation is 1. The first kappa shape index (κ1) is 13.2. The van der Waals surface area contributed by atoms with E-state index < -0.39 is 10.0 Å². The zero-order chi connectivity index (χ0) is 14.2. The van der Waals surface area contributed by atoms with Crippen molar-refractivity contribution in [3.8, 4) is 0 Å². The molecule has 0 spiro atoms. The fraction of sp³-hybridized carbons (Fsp3) is 0.286. The molecule has 0 amide bonds. The van der Waals surface area contributed by atoms with Crippen LogP contribution < -0.4 is 10.5 Å². The van der Waals surface area contributed by atoms with Gasteiger partial charge in [0.1, 0.15) is 0 Å². The molecule has 0 fully saturated rings. The minimum Gasteiger partial charge on any atom is -0.399 e. The fourth-order valence-electron chi connectivity index (χ4n) is 2.69. The number of nitrogens with one attached hydrogen (secondary N) is 2. The maximum Gasteiger partial charge on any atom is 0.242 e. The van der Waals surface area contributed by atoms with Crippen molar-refractivity contribution in [3.05, 3.63) is 47.8 Å². The Bertz CT molecular complexity index is 708. The molecule has 0 aliphatic heterocycles. The lowest BCUT2D eigenvalue weighted by molar-refractivity contribution is 0.507. The minimum atomic E-state index is -3.48. The van der Waals surface area contributed by atoms with Crippen molar-refractivity contribution in [2.45, 2.75) is 30.2 Å². The summed E-state index contributed by atoms with van der Waals surface area (Å²) in [5.41, 5.74) is 8.68. The fourth-order valence-corrected chi connectivity index (χ4v) is 3.91. The van der Waals surface area contributed by atoms with Crippen LogP contribution in [0.1, 0.15) is 30.0 Å². The number of aromatic amines is 1. The highest BCUT2D eigenvalue weighted by Gasteiger charge is 2.25. The molecule has 1 atom stereocenters. The highest BCUT2D eigenvalue weighted by atomic mass is 32.2. The van der Waals surface area contributed by atoms with E-state index in [0.29, 0.717) is 0 Å². The zero-order valence-electron chi connectivity index (χ0n) is 11.0. The third kappa shape index (κ3) is 2.44. The van der Waals surface area contributed by atoms with Gasteiger partial charge in [0, 0.05) is 24.1 Å². The van der Waals surface area contributed by atoms with E-state index >= 15 is 0 Å². The maximum atomic E-state index is 12.3. The molecule has 1 aromatic carbocycles. The monoisotopic (exact) mass is 291 g/mol. The van der Waals surface area contributed by atoms with Gasteiger partial charge < -0.3 is 10.7 Å². The number of nitrogen functional groups attached to an aromatic ring is 1. The van der Waals surface area contributed by atoms with Crippen LogP contribution in [-0.4, -0.2) is 13.4 Å². The van der Waals surface area contributed by atoms with Crippen molar-refractivity contribution in [2.24, 2.45) is 0 Å². The normalized spacial score (nSPS) is 18.7. The number of fused-ring (bicyclic) bond motifs is 1. The third-order valence-corrected chi connectivity index (χ3v) is 5.13. The molecule has 0 radical (unpaired) electrons. The van der Waals surface area contributed by atoms with Crippen LogP contribution in [0.15, 0.2) is 41.6 Å². The van der Waals surface area contributed by atoms with Crippen molar-refractivity contribution < 1.29 is 8.42 Å². The van der Waals surface area contributed by atoms with Gasteiger partial charge in [0.25, 0.3) is 0 Å². The molecule has 2 aromatic rings. The van der Waals surface area contributed by atoms with Crippen LogP contribution >= 0.6 is 0 Å². The van der Waals surface area contributed by atoms with Crippen LogP contribution in [0.4, 0.5) is 5.69 Å². The van der Waals surface area contributed by atoms with Gasteiger partial charge in [0.15, 0.2) is 0 Å². The number of anilines is 1. The summed E-state index contributed by atoms with van der Waals surface area (Å²) in [4.78, 5) is 3.03. The molecule has 1 unspecified atom stereocenters. The number of hydrogen-bond donors (Lipinski definition) is 3. The largest absolute Gasteiger partial charge is 0.399 e. The molecule has 4 N–H and O–H groups in total. The SMILES string of the molecule is Nc1ccc2c(c1)CCCC2NS(=O)(=O)c1cc[nH]c1. The average Bonchev–Trinajstić information content (AvgIpc) is 2.93. The standard InChI is InChI=1S/C14H17N3O2S/c15-11-4-5-13-10(8-11)2-1-3-14(13)17-20(18,19)12-6-7-16-9-12/h4-9,14,16-17H,1-3,15H2. The lowest BCUT2D eigenvalue weighted by Gasteiger charge is -2.26. The van der Waals surface area contributed by atoms with E-state index in [-0.39, 0.29) is 10.9 Å². The smallest absolute Gasteiger partial charge is 0.242 e. The molecule has 1 aliphatic carbocycles. The summed E-state index contributed by atoms with van der Waals surface area (Å²) < 4.78 is 27.3. The first-order chi connectivity index (χ1) is 9.56. The van der Waals surface area contributed by atoms with E-state index in [1.54, 1.807) is 12.3 Å². The Morgan fingerprint density at radius 1 is 1.30 bits per heavy atom. The number of benzene rings is 1. The summed E-state index contributed by atoms with van der Waals surface area (Å²) in [6.07, 6.45) is 5.79. The van der Waals surface area contributed by atoms with E-state index in [0.717, 1.165) is 36.1 Å². The summed E-state index contributed by atoms with van der Waals surface area (Å²) in [6.45, 7) is 0. The van der Waals surface area contributed by atoms with E-state index in [1.165, 1.54) is 6.20 Å². The molecule has 5 nitrogen and oxygen atoms in total. The van der Waals surface area contributed by atoms with E-state index in [2.05, 4.69) is 9.71 Å². The Kier molecular flexibility index (Phi) is 3.27. The van der Waals surface area contributed by atoms with Gasteiger partial charge in [-0.25, -0.2) is 13.1 Å². The van der Waals surface area contributed by atoms with Gasteiger partial charge in [0.2, 0.25) is 10.0 Å². The summed E-state index contributed by atoms with van der Waals surface area (Å²) in [5.74, 6) is 0. The molecule has 1 aromatic heterocycles. The van der Waals surface area contributed by atoms with Gasteiger partial charge in [-0.2, -0.15) is 0 Å². The molecule has 1 aliphatic rings. The Labute approximate surface area is 118 Å². The topological polar surface area (TPSA) is 88.0 Å². The van der Waals surface area contributed by atoms with Gasteiger partial charge in [-0.1, -0.05) is 6.07 Å². The number of H-pyrrole nitrogens is 1. The van der Waals surface area contributed by atoms with E-state index in [1.807, 2.05) is 18.2 Å². The maximum absolute atomic E-state index is 12.3.